The largest absolute Gasteiger partial charge is 0.454 e. The van der Waals surface area contributed by atoms with Crippen LogP contribution in [0.4, 0.5) is 0 Å². The molecule has 8 unspecified atom stereocenters. The lowest BCUT2D eigenvalue weighted by atomic mass is 9.99. The van der Waals surface area contributed by atoms with E-state index in [-0.39, 0.29) is 19.4 Å². The highest BCUT2D eigenvalue weighted by molar-refractivity contribution is 5.80. The molecule has 74 heavy (non-hydrogen) atoms. The van der Waals surface area contributed by atoms with Gasteiger partial charge in [-0.1, -0.05) is 231 Å². The van der Waals surface area contributed by atoms with Crippen molar-refractivity contribution in [3.05, 3.63) is 134 Å². The number of ether oxygens (including phenoxy) is 3. The number of aliphatic hydroxyl groups is 5. The van der Waals surface area contributed by atoms with Crippen LogP contribution >= 0.6 is 0 Å². The molecule has 0 aromatic heterocycles. The SMILES string of the molecule is CC/C=C\C/C=C\C/C=C\C/C=C\C/C=C\C/C=C\CCC(=O)OC1C(OCC(NC(=O)C(O)CCCCCC\C=C/C=C/C=C/C=C/CC)C(O)/C=C/CCCCCCCCCCCC)OC(CO)C(O)C1O. The second kappa shape index (κ2) is 49.7. The molecule has 6 N–H and O–H groups in total. The van der Waals surface area contributed by atoms with Crippen molar-refractivity contribution in [2.24, 2.45) is 0 Å². The fourth-order valence-electron chi connectivity index (χ4n) is 7.92. The Kier molecular flexibility index (Phi) is 45.5. The highest BCUT2D eigenvalue weighted by Gasteiger charge is 2.47. The maximum atomic E-state index is 13.4. The standard InChI is InChI=1S/C63H101NO10/c1-4-7-10-13-16-19-22-25-27-28-29-30-31-33-36-39-42-45-48-51-58(68)74-61-60(70)59(69)57(52-65)73-63(61)72-53-54(55(66)49-46-43-40-37-34-24-21-18-15-12-9-6-3)64-62(71)56(67)50-47-44-41-38-35-32-26-23-20-17-14-11-8-5-2/h7-8,10-11,14,16-17,19-20,23,25-27,29-30,32-33,36,42,45-46,49,54-57,59-61,63,65-67,69-70H,4-6,9,12-13,15,18,21-22,24,28,31,34-35,37-41,43-44,47-48,50-53H2,1-3H3,(H,64,71)/b10-7-,11-8+,17-14+,19-16-,23-20+,27-25-,30-29-,32-26-,36-33-,45-42-,49-46+. The quantitative estimate of drug-likeness (QED) is 0.0149. The molecule has 1 aliphatic rings. The zero-order chi connectivity index (χ0) is 54.0. The predicted molar refractivity (Wildman–Crippen MR) is 305 cm³/mol. The van der Waals surface area contributed by atoms with Gasteiger partial charge in [-0.15, -0.1) is 0 Å². The van der Waals surface area contributed by atoms with Gasteiger partial charge in [-0.3, -0.25) is 9.59 Å². The molecule has 0 aliphatic carbocycles. The van der Waals surface area contributed by atoms with Crippen LogP contribution in [-0.4, -0.2) is 99.6 Å². The Morgan fingerprint density at radius 1 is 0.554 bits per heavy atom. The first-order valence-electron chi connectivity index (χ1n) is 28.5. The van der Waals surface area contributed by atoms with Gasteiger partial charge in [0.2, 0.25) is 5.91 Å². The summed E-state index contributed by atoms with van der Waals surface area (Å²) in [6.45, 7) is 5.44. The van der Waals surface area contributed by atoms with Crippen molar-refractivity contribution in [1.82, 2.24) is 5.32 Å². The van der Waals surface area contributed by atoms with Crippen LogP contribution in [0.25, 0.3) is 0 Å². The summed E-state index contributed by atoms with van der Waals surface area (Å²) in [5, 5.41) is 56.7. The van der Waals surface area contributed by atoms with Gasteiger partial charge < -0.3 is 45.1 Å². The van der Waals surface area contributed by atoms with Crippen LogP contribution in [0, 0.1) is 0 Å². The number of rotatable bonds is 45. The molecule has 0 bridgehead atoms. The van der Waals surface area contributed by atoms with Crippen molar-refractivity contribution < 1.29 is 49.3 Å². The van der Waals surface area contributed by atoms with Gasteiger partial charge in [-0.05, 0) is 83.5 Å². The summed E-state index contributed by atoms with van der Waals surface area (Å²) in [7, 11) is 0. The van der Waals surface area contributed by atoms with Crippen molar-refractivity contribution in [2.45, 2.75) is 237 Å². The van der Waals surface area contributed by atoms with Crippen molar-refractivity contribution >= 4 is 11.9 Å². The minimum Gasteiger partial charge on any atom is -0.454 e. The van der Waals surface area contributed by atoms with Gasteiger partial charge in [0.15, 0.2) is 12.4 Å². The number of esters is 1. The molecule has 0 spiro atoms. The van der Waals surface area contributed by atoms with Crippen LogP contribution in [0.5, 0.6) is 0 Å². The molecule has 11 heteroatoms. The van der Waals surface area contributed by atoms with Crippen molar-refractivity contribution in [3.8, 4) is 0 Å². The van der Waals surface area contributed by atoms with Crippen LogP contribution in [0.15, 0.2) is 134 Å². The van der Waals surface area contributed by atoms with Gasteiger partial charge in [0.05, 0.1) is 25.4 Å². The summed E-state index contributed by atoms with van der Waals surface area (Å²) in [5.41, 5.74) is 0. The van der Waals surface area contributed by atoms with E-state index >= 15 is 0 Å². The summed E-state index contributed by atoms with van der Waals surface area (Å²) in [5.74, 6) is -1.32. The molecule has 0 aromatic rings. The van der Waals surface area contributed by atoms with E-state index in [2.05, 4.69) is 99.0 Å². The lowest BCUT2D eigenvalue weighted by Gasteiger charge is -2.41. The van der Waals surface area contributed by atoms with E-state index in [1.54, 1.807) is 6.08 Å². The molecule has 418 valence electrons. The molecule has 1 aliphatic heterocycles. The minimum atomic E-state index is -1.66. The van der Waals surface area contributed by atoms with Crippen molar-refractivity contribution in [1.29, 1.82) is 0 Å². The Morgan fingerprint density at radius 2 is 1.04 bits per heavy atom. The molecular weight excluding hydrogens is 931 g/mol. The molecular formula is C63H101NO10. The third-order valence-electron chi connectivity index (χ3n) is 12.4. The first kappa shape index (κ1) is 67.8. The van der Waals surface area contributed by atoms with Crippen LogP contribution in [0.3, 0.4) is 0 Å². The van der Waals surface area contributed by atoms with Crippen molar-refractivity contribution in [2.75, 3.05) is 13.2 Å². The topological polar surface area (TPSA) is 175 Å². The van der Waals surface area contributed by atoms with E-state index in [1.807, 2.05) is 54.7 Å². The number of carbonyl (C=O) groups excluding carboxylic acids is 2. The van der Waals surface area contributed by atoms with E-state index < -0.39 is 67.4 Å². The van der Waals surface area contributed by atoms with E-state index in [4.69, 9.17) is 14.2 Å². The van der Waals surface area contributed by atoms with Crippen LogP contribution < -0.4 is 5.32 Å². The van der Waals surface area contributed by atoms with E-state index in [0.717, 1.165) is 89.9 Å². The molecule has 0 saturated carbocycles. The Labute approximate surface area is 448 Å². The average Bonchev–Trinajstić information content (AvgIpc) is 3.40. The summed E-state index contributed by atoms with van der Waals surface area (Å²) in [4.78, 5) is 26.4. The summed E-state index contributed by atoms with van der Waals surface area (Å²) < 4.78 is 17.5. The molecule has 1 amide bonds. The maximum absolute atomic E-state index is 13.4. The number of amides is 1. The Balaban J connectivity index is 2.80. The molecule has 1 rings (SSSR count). The molecule has 1 saturated heterocycles. The second-order valence-corrected chi connectivity index (χ2v) is 19.0. The first-order chi connectivity index (χ1) is 36.2. The number of unbranched alkanes of at least 4 members (excludes halogenated alkanes) is 14. The number of allylic oxidation sites excluding steroid dienone is 21. The summed E-state index contributed by atoms with van der Waals surface area (Å²) >= 11 is 0. The van der Waals surface area contributed by atoms with Crippen LogP contribution in [0.1, 0.15) is 188 Å². The van der Waals surface area contributed by atoms with E-state index in [1.165, 1.54) is 44.9 Å². The number of carbonyl (C=O) groups is 2. The lowest BCUT2D eigenvalue weighted by Crippen LogP contribution is -2.61. The third kappa shape index (κ3) is 37.5. The Bertz CT molecular complexity index is 1710. The maximum Gasteiger partial charge on any atom is 0.306 e. The Hall–Kier alpha value is -4.20. The zero-order valence-corrected chi connectivity index (χ0v) is 45.9. The van der Waals surface area contributed by atoms with Gasteiger partial charge in [-0.25, -0.2) is 0 Å². The number of nitrogens with one attached hydrogen (secondary N) is 1. The lowest BCUT2D eigenvalue weighted by molar-refractivity contribution is -0.305. The van der Waals surface area contributed by atoms with Crippen LogP contribution in [-0.2, 0) is 23.8 Å². The summed E-state index contributed by atoms with van der Waals surface area (Å²) in [6.07, 6.45) is 59.3. The van der Waals surface area contributed by atoms with E-state index in [9.17, 15) is 35.1 Å². The highest BCUT2D eigenvalue weighted by atomic mass is 16.7. The molecule has 0 radical (unpaired) electrons. The number of hydrogen-bond acceptors (Lipinski definition) is 10. The third-order valence-corrected chi connectivity index (χ3v) is 12.4. The molecule has 1 heterocycles. The van der Waals surface area contributed by atoms with Gasteiger partial charge in [0, 0.05) is 6.42 Å². The fourth-order valence-corrected chi connectivity index (χ4v) is 7.92. The van der Waals surface area contributed by atoms with Crippen LogP contribution in [0.2, 0.25) is 0 Å². The van der Waals surface area contributed by atoms with Crippen molar-refractivity contribution in [3.63, 3.8) is 0 Å². The van der Waals surface area contributed by atoms with Gasteiger partial charge >= 0.3 is 5.97 Å². The van der Waals surface area contributed by atoms with Gasteiger partial charge in [-0.2, -0.15) is 0 Å². The van der Waals surface area contributed by atoms with Gasteiger partial charge in [0.1, 0.15) is 24.4 Å². The smallest absolute Gasteiger partial charge is 0.306 e. The Morgan fingerprint density at radius 3 is 1.59 bits per heavy atom. The monoisotopic (exact) mass is 1030 g/mol. The zero-order valence-electron chi connectivity index (χ0n) is 45.9. The predicted octanol–water partition coefficient (Wildman–Crippen LogP) is 12.9. The molecule has 8 atom stereocenters. The normalized spacial score (nSPS) is 20.4. The highest BCUT2D eigenvalue weighted by Crippen LogP contribution is 2.26. The molecule has 0 aromatic carbocycles. The first-order valence-corrected chi connectivity index (χ1v) is 28.5. The molecule has 11 nitrogen and oxygen atoms in total. The fraction of sp³-hybridized carbons (Fsp3) is 0.619. The summed E-state index contributed by atoms with van der Waals surface area (Å²) in [6, 6.07) is -1.06. The molecule has 1 fully saturated rings. The second-order valence-electron chi connectivity index (χ2n) is 19.0. The minimum absolute atomic E-state index is 0.0129. The number of hydrogen-bond donors (Lipinski definition) is 6. The van der Waals surface area contributed by atoms with E-state index in [0.29, 0.717) is 19.3 Å². The van der Waals surface area contributed by atoms with Gasteiger partial charge in [0.25, 0.3) is 0 Å². The number of aliphatic hydroxyl groups excluding tert-OH is 5. The average molecular weight is 1030 g/mol.